The molecule has 3 aromatic rings. The molecule has 2 N–H and O–H groups in total. The number of hydrogen-bond acceptors (Lipinski definition) is 4. The predicted octanol–water partition coefficient (Wildman–Crippen LogP) is 2.64. The highest BCUT2D eigenvalue weighted by Gasteiger charge is 2.25. The number of fused-ring (bicyclic) bond motifs is 1. The molecule has 2 aromatic heterocycles. The van der Waals surface area contributed by atoms with E-state index in [4.69, 9.17) is 0 Å². The monoisotopic (exact) mass is 401 g/mol. The lowest BCUT2D eigenvalue weighted by Gasteiger charge is -2.30. The molecule has 0 radical (unpaired) electrons. The summed E-state index contributed by atoms with van der Waals surface area (Å²) in [6, 6.07) is 9.70. The van der Waals surface area contributed by atoms with Gasteiger partial charge in [0.2, 0.25) is 5.91 Å². The minimum Gasteiger partial charge on any atom is -0.348 e. The van der Waals surface area contributed by atoms with Crippen LogP contribution in [-0.2, 0) is 24.3 Å². The van der Waals surface area contributed by atoms with E-state index in [2.05, 4.69) is 20.5 Å². The van der Waals surface area contributed by atoms with Crippen molar-refractivity contribution in [1.29, 1.82) is 0 Å². The fraction of sp³-hybridized carbons (Fsp3) is 0.217. The largest absolute Gasteiger partial charge is 0.348 e. The maximum absolute atomic E-state index is 12.6. The molecule has 0 atom stereocenters. The van der Waals surface area contributed by atoms with Gasteiger partial charge in [0.05, 0.1) is 11.8 Å². The Hall–Kier alpha value is -3.74. The Bertz CT molecular complexity index is 1070. The summed E-state index contributed by atoms with van der Waals surface area (Å²) in [5, 5.41) is 9.49. The molecule has 0 saturated heterocycles. The van der Waals surface area contributed by atoms with E-state index in [0.717, 1.165) is 28.8 Å². The summed E-state index contributed by atoms with van der Waals surface area (Å²) in [7, 11) is 0. The van der Waals surface area contributed by atoms with Crippen LogP contribution >= 0.6 is 0 Å². The second-order valence-corrected chi connectivity index (χ2v) is 7.25. The number of amides is 2. The highest BCUT2D eigenvalue weighted by atomic mass is 16.2. The van der Waals surface area contributed by atoms with E-state index in [1.165, 1.54) is 11.8 Å². The third-order valence-corrected chi connectivity index (χ3v) is 5.29. The summed E-state index contributed by atoms with van der Waals surface area (Å²) >= 11 is 0. The van der Waals surface area contributed by atoms with Crippen molar-refractivity contribution < 1.29 is 9.59 Å². The van der Waals surface area contributed by atoms with E-state index in [0.29, 0.717) is 25.2 Å². The SMILES string of the molecule is Cc1ncc2c(c1CNC(=O)/C=C/c1ccccc1)CCN(C(=O)c1cn[nH]c1)C2. The van der Waals surface area contributed by atoms with Crippen LogP contribution in [0.15, 0.2) is 55.0 Å². The van der Waals surface area contributed by atoms with Crippen LogP contribution in [0.1, 0.15) is 38.3 Å². The van der Waals surface area contributed by atoms with Gasteiger partial charge in [0.25, 0.3) is 5.91 Å². The Morgan fingerprint density at radius 2 is 2.07 bits per heavy atom. The molecule has 1 aromatic carbocycles. The number of rotatable bonds is 5. The van der Waals surface area contributed by atoms with E-state index < -0.39 is 0 Å². The van der Waals surface area contributed by atoms with Gasteiger partial charge in [-0.25, -0.2) is 0 Å². The van der Waals surface area contributed by atoms with Crippen molar-refractivity contribution in [3.05, 3.63) is 88.5 Å². The van der Waals surface area contributed by atoms with Crippen LogP contribution in [0.25, 0.3) is 6.08 Å². The van der Waals surface area contributed by atoms with Gasteiger partial charge >= 0.3 is 0 Å². The van der Waals surface area contributed by atoms with Gasteiger partial charge in [0, 0.05) is 43.8 Å². The lowest BCUT2D eigenvalue weighted by atomic mass is 9.94. The van der Waals surface area contributed by atoms with Gasteiger partial charge in [0.15, 0.2) is 0 Å². The lowest BCUT2D eigenvalue weighted by Crippen LogP contribution is -2.37. The van der Waals surface area contributed by atoms with E-state index >= 15 is 0 Å². The quantitative estimate of drug-likeness (QED) is 0.643. The lowest BCUT2D eigenvalue weighted by molar-refractivity contribution is -0.116. The number of pyridine rings is 1. The molecule has 7 heteroatoms. The fourth-order valence-electron chi connectivity index (χ4n) is 3.65. The standard InChI is InChI=1S/C23H23N5O2/c1-16-21(14-25-22(29)8-7-17-5-3-2-4-6-17)20-9-10-28(15-19(20)11-24-16)23(30)18-12-26-27-13-18/h2-8,11-13H,9-10,14-15H2,1H3,(H,25,29)(H,26,27)/b8-7+. The Labute approximate surface area is 174 Å². The van der Waals surface area contributed by atoms with Gasteiger partial charge in [0.1, 0.15) is 0 Å². The molecule has 0 unspecified atom stereocenters. The molecule has 0 bridgehead atoms. The molecular formula is C23H23N5O2. The minimum atomic E-state index is -0.150. The average Bonchev–Trinajstić information content (AvgIpc) is 3.32. The summed E-state index contributed by atoms with van der Waals surface area (Å²) in [5.74, 6) is -0.195. The van der Waals surface area contributed by atoms with E-state index in [-0.39, 0.29) is 11.8 Å². The molecule has 3 heterocycles. The molecular weight excluding hydrogens is 378 g/mol. The van der Waals surface area contributed by atoms with Crippen molar-refractivity contribution in [3.8, 4) is 0 Å². The first-order valence-electron chi connectivity index (χ1n) is 9.87. The molecule has 0 spiro atoms. The van der Waals surface area contributed by atoms with E-state index in [1.807, 2.05) is 43.5 Å². The molecule has 0 saturated carbocycles. The number of carbonyl (C=O) groups is 2. The molecule has 1 aliphatic heterocycles. The highest BCUT2D eigenvalue weighted by molar-refractivity contribution is 5.94. The summed E-state index contributed by atoms with van der Waals surface area (Å²) in [5.41, 5.74) is 5.65. The van der Waals surface area contributed by atoms with Crippen LogP contribution in [0.2, 0.25) is 0 Å². The third kappa shape index (κ3) is 4.30. The number of nitrogens with zero attached hydrogens (tertiary/aromatic N) is 3. The Balaban J connectivity index is 1.44. The maximum atomic E-state index is 12.6. The fourth-order valence-corrected chi connectivity index (χ4v) is 3.65. The van der Waals surface area contributed by atoms with Crippen LogP contribution in [0.5, 0.6) is 0 Å². The number of carbonyl (C=O) groups excluding carboxylic acids is 2. The van der Waals surface area contributed by atoms with Gasteiger partial charge in [-0.05, 0) is 41.7 Å². The number of benzene rings is 1. The second kappa shape index (κ2) is 8.73. The number of H-pyrrole nitrogens is 1. The predicted molar refractivity (Wildman–Crippen MR) is 113 cm³/mol. The van der Waals surface area contributed by atoms with Crippen LogP contribution in [0, 0.1) is 6.92 Å². The van der Waals surface area contributed by atoms with Crippen molar-refractivity contribution in [2.75, 3.05) is 6.54 Å². The molecule has 152 valence electrons. The first kappa shape index (κ1) is 19.6. The van der Waals surface area contributed by atoms with E-state index in [9.17, 15) is 9.59 Å². The Kier molecular flexibility index (Phi) is 5.70. The molecule has 2 amide bonds. The zero-order chi connectivity index (χ0) is 20.9. The normalized spacial score (nSPS) is 13.3. The van der Waals surface area contributed by atoms with Gasteiger partial charge in [-0.15, -0.1) is 0 Å². The second-order valence-electron chi connectivity index (χ2n) is 7.25. The third-order valence-electron chi connectivity index (χ3n) is 5.29. The zero-order valence-electron chi connectivity index (χ0n) is 16.8. The van der Waals surface area contributed by atoms with Crippen LogP contribution in [0.4, 0.5) is 0 Å². The van der Waals surface area contributed by atoms with Crippen molar-refractivity contribution >= 4 is 17.9 Å². The summed E-state index contributed by atoms with van der Waals surface area (Å²) in [4.78, 5) is 31.2. The zero-order valence-corrected chi connectivity index (χ0v) is 16.8. The summed E-state index contributed by atoms with van der Waals surface area (Å²) < 4.78 is 0. The number of hydrogen-bond donors (Lipinski definition) is 2. The summed E-state index contributed by atoms with van der Waals surface area (Å²) in [6.45, 7) is 3.48. The van der Waals surface area contributed by atoms with Crippen LogP contribution in [0.3, 0.4) is 0 Å². The van der Waals surface area contributed by atoms with Gasteiger partial charge in [-0.1, -0.05) is 30.3 Å². The molecule has 30 heavy (non-hydrogen) atoms. The average molecular weight is 401 g/mol. The number of aromatic amines is 1. The van der Waals surface area contributed by atoms with Crippen molar-refractivity contribution in [3.63, 3.8) is 0 Å². The molecule has 0 fully saturated rings. The van der Waals surface area contributed by atoms with Gasteiger partial charge in [-0.2, -0.15) is 5.10 Å². The summed E-state index contributed by atoms with van der Waals surface area (Å²) in [6.07, 6.45) is 9.04. The van der Waals surface area contributed by atoms with Gasteiger partial charge in [-0.3, -0.25) is 19.7 Å². The van der Waals surface area contributed by atoms with Crippen molar-refractivity contribution in [2.45, 2.75) is 26.4 Å². The Morgan fingerprint density at radius 1 is 1.23 bits per heavy atom. The smallest absolute Gasteiger partial charge is 0.257 e. The number of aryl methyl sites for hydroxylation is 1. The topological polar surface area (TPSA) is 91.0 Å². The maximum Gasteiger partial charge on any atom is 0.257 e. The van der Waals surface area contributed by atoms with Crippen LogP contribution < -0.4 is 5.32 Å². The molecule has 0 aliphatic carbocycles. The van der Waals surface area contributed by atoms with E-state index in [1.54, 1.807) is 23.2 Å². The number of nitrogens with one attached hydrogen (secondary N) is 2. The minimum absolute atomic E-state index is 0.0455. The Morgan fingerprint density at radius 3 is 2.83 bits per heavy atom. The van der Waals surface area contributed by atoms with Crippen molar-refractivity contribution in [1.82, 2.24) is 25.4 Å². The molecule has 7 nitrogen and oxygen atoms in total. The first-order valence-corrected chi connectivity index (χ1v) is 9.87. The molecule has 1 aliphatic rings. The number of aromatic nitrogens is 3. The van der Waals surface area contributed by atoms with Gasteiger partial charge < -0.3 is 10.2 Å². The van der Waals surface area contributed by atoms with Crippen LogP contribution in [-0.4, -0.2) is 38.4 Å². The molecule has 4 rings (SSSR count). The van der Waals surface area contributed by atoms with Crippen molar-refractivity contribution in [2.24, 2.45) is 0 Å². The highest BCUT2D eigenvalue weighted by Crippen LogP contribution is 2.25. The first-order chi connectivity index (χ1) is 14.6.